The number of hydrogen-bond donors (Lipinski definition) is 1. The van der Waals surface area contributed by atoms with Crippen LogP contribution in [0.15, 0.2) is 27.8 Å². The predicted molar refractivity (Wildman–Crippen MR) is 72.0 cm³/mol. The van der Waals surface area contributed by atoms with E-state index in [2.05, 4.69) is 47.2 Å². The van der Waals surface area contributed by atoms with E-state index < -0.39 is 4.32 Å². The van der Waals surface area contributed by atoms with Crippen LogP contribution in [0.25, 0.3) is 10.4 Å². The van der Waals surface area contributed by atoms with Gasteiger partial charge >= 0.3 is 0 Å². The average molecular weight is 360 g/mol. The van der Waals surface area contributed by atoms with Crippen LogP contribution >= 0.6 is 31.9 Å². The molecule has 0 saturated heterocycles. The highest BCUT2D eigenvalue weighted by Crippen LogP contribution is 2.45. The van der Waals surface area contributed by atoms with Crippen molar-refractivity contribution in [3.8, 4) is 0 Å². The van der Waals surface area contributed by atoms with Crippen LogP contribution in [-0.4, -0.2) is 12.5 Å². The monoisotopic (exact) mass is 358 g/mol. The van der Waals surface area contributed by atoms with Crippen molar-refractivity contribution in [1.82, 2.24) is 0 Å². The van der Waals surface area contributed by atoms with Crippen molar-refractivity contribution in [2.75, 3.05) is 11.9 Å². The van der Waals surface area contributed by atoms with Gasteiger partial charge in [0.25, 0.3) is 0 Å². The molecular formula is C10H8Br2N4O. The molecule has 1 aromatic carbocycles. The first-order valence-electron chi connectivity index (χ1n) is 4.89. The van der Waals surface area contributed by atoms with E-state index in [-0.39, 0.29) is 12.5 Å². The topological polar surface area (TPSA) is 77.9 Å². The van der Waals surface area contributed by atoms with E-state index in [9.17, 15) is 4.79 Å². The maximum Gasteiger partial charge on any atom is 0.245 e. The van der Waals surface area contributed by atoms with Crippen LogP contribution < -0.4 is 5.32 Å². The maximum atomic E-state index is 12.0. The molecule has 0 fully saturated rings. The second-order valence-electron chi connectivity index (χ2n) is 3.65. The number of carbonyl (C=O) groups is 1. The van der Waals surface area contributed by atoms with Gasteiger partial charge in [-0.3, -0.25) is 4.79 Å². The number of carbonyl (C=O) groups excluding carboxylic acids is 1. The van der Waals surface area contributed by atoms with Gasteiger partial charge in [0.1, 0.15) is 4.32 Å². The molecule has 5 nitrogen and oxygen atoms in total. The molecule has 2 rings (SSSR count). The SMILES string of the molecule is [N-]=[N+]=NCCC1(Br)C(=O)Nc2cc(Br)ccc21. The van der Waals surface area contributed by atoms with Crippen molar-refractivity contribution in [3.05, 3.63) is 38.7 Å². The molecule has 1 amide bonds. The molecule has 1 aliphatic heterocycles. The van der Waals surface area contributed by atoms with Gasteiger partial charge in [0.05, 0.1) is 0 Å². The zero-order valence-electron chi connectivity index (χ0n) is 8.65. The number of hydrogen-bond acceptors (Lipinski definition) is 2. The van der Waals surface area contributed by atoms with Crippen LogP contribution in [0.5, 0.6) is 0 Å². The average Bonchev–Trinajstić information content (AvgIpc) is 2.51. The first-order valence-corrected chi connectivity index (χ1v) is 6.48. The molecule has 0 saturated carbocycles. The number of halogens is 2. The van der Waals surface area contributed by atoms with E-state index in [1.807, 2.05) is 18.2 Å². The largest absolute Gasteiger partial charge is 0.324 e. The van der Waals surface area contributed by atoms with Crippen molar-refractivity contribution in [2.24, 2.45) is 5.11 Å². The molecule has 0 aliphatic carbocycles. The van der Waals surface area contributed by atoms with Gasteiger partial charge in [-0.05, 0) is 24.1 Å². The number of anilines is 1. The predicted octanol–water partition coefficient (Wildman–Crippen LogP) is 3.69. The van der Waals surface area contributed by atoms with Gasteiger partial charge in [-0.1, -0.05) is 43.0 Å². The fourth-order valence-electron chi connectivity index (χ4n) is 1.81. The van der Waals surface area contributed by atoms with Gasteiger partial charge in [-0.25, -0.2) is 0 Å². The van der Waals surface area contributed by atoms with Gasteiger partial charge < -0.3 is 5.32 Å². The number of fused-ring (bicyclic) bond motifs is 1. The number of azide groups is 1. The zero-order chi connectivity index (χ0) is 12.5. The van der Waals surface area contributed by atoms with Crippen molar-refractivity contribution in [3.63, 3.8) is 0 Å². The first kappa shape index (κ1) is 12.4. The molecule has 0 bridgehead atoms. The third kappa shape index (κ3) is 2.18. The molecule has 1 N–H and O–H groups in total. The molecule has 1 atom stereocenters. The molecule has 17 heavy (non-hydrogen) atoms. The molecular weight excluding hydrogens is 352 g/mol. The molecule has 0 radical (unpaired) electrons. The van der Waals surface area contributed by atoms with Crippen molar-refractivity contribution < 1.29 is 4.79 Å². The molecule has 7 heteroatoms. The van der Waals surface area contributed by atoms with Crippen LogP contribution in [0, 0.1) is 0 Å². The lowest BCUT2D eigenvalue weighted by Crippen LogP contribution is -2.28. The molecule has 0 aromatic heterocycles. The van der Waals surface area contributed by atoms with Crippen LogP contribution in [0.4, 0.5) is 5.69 Å². The minimum absolute atomic E-state index is 0.126. The Hall–Kier alpha value is -1.04. The number of alkyl halides is 1. The summed E-state index contributed by atoms with van der Waals surface area (Å²) in [6.45, 7) is 0.269. The lowest BCUT2D eigenvalue weighted by molar-refractivity contribution is -0.117. The van der Waals surface area contributed by atoms with E-state index in [0.29, 0.717) is 6.42 Å². The van der Waals surface area contributed by atoms with Crippen LogP contribution in [0.3, 0.4) is 0 Å². The van der Waals surface area contributed by atoms with Gasteiger partial charge in [0.15, 0.2) is 0 Å². The quantitative estimate of drug-likeness (QED) is 0.380. The second kappa shape index (κ2) is 4.68. The molecule has 1 aromatic rings. The van der Waals surface area contributed by atoms with Crippen molar-refractivity contribution >= 4 is 43.5 Å². The summed E-state index contributed by atoms with van der Waals surface area (Å²) >= 11 is 6.81. The zero-order valence-corrected chi connectivity index (χ0v) is 11.8. The van der Waals surface area contributed by atoms with Gasteiger partial charge in [-0.15, -0.1) is 0 Å². The molecule has 1 aliphatic rings. The highest BCUT2D eigenvalue weighted by Gasteiger charge is 2.43. The first-order chi connectivity index (χ1) is 8.08. The van der Waals surface area contributed by atoms with Crippen molar-refractivity contribution in [1.29, 1.82) is 0 Å². The van der Waals surface area contributed by atoms with E-state index in [0.717, 1.165) is 15.7 Å². The normalized spacial score (nSPS) is 21.6. The number of rotatable bonds is 3. The maximum absolute atomic E-state index is 12.0. The summed E-state index contributed by atoms with van der Waals surface area (Å²) in [6, 6.07) is 5.61. The van der Waals surface area contributed by atoms with E-state index >= 15 is 0 Å². The lowest BCUT2D eigenvalue weighted by Gasteiger charge is -2.18. The summed E-state index contributed by atoms with van der Waals surface area (Å²) in [6.07, 6.45) is 0.428. The minimum atomic E-state index is -0.794. The van der Waals surface area contributed by atoms with Crippen molar-refractivity contribution in [2.45, 2.75) is 10.7 Å². The van der Waals surface area contributed by atoms with E-state index in [1.54, 1.807) is 0 Å². The molecule has 1 heterocycles. The molecule has 88 valence electrons. The Kier molecular flexibility index (Phi) is 3.42. The number of nitrogens with zero attached hydrogens (tertiary/aromatic N) is 3. The third-order valence-corrected chi connectivity index (χ3v) is 4.31. The van der Waals surface area contributed by atoms with Gasteiger partial charge in [0, 0.05) is 27.2 Å². The standard InChI is InChI=1S/C10H8Br2N4O/c11-6-1-2-7-8(5-6)15-9(17)10(7,12)3-4-14-16-13/h1-2,5H,3-4H2,(H,15,17). The van der Waals surface area contributed by atoms with E-state index in [1.165, 1.54) is 0 Å². The number of nitrogens with one attached hydrogen (secondary N) is 1. The molecule has 0 spiro atoms. The summed E-state index contributed by atoms with van der Waals surface area (Å²) in [7, 11) is 0. The summed E-state index contributed by atoms with van der Waals surface area (Å²) < 4.78 is 0.111. The fraction of sp³-hybridized carbons (Fsp3) is 0.300. The van der Waals surface area contributed by atoms with Crippen LogP contribution in [-0.2, 0) is 9.12 Å². The Balaban J connectivity index is 2.36. The van der Waals surface area contributed by atoms with Gasteiger partial charge in [-0.2, -0.15) is 0 Å². The smallest absolute Gasteiger partial charge is 0.245 e. The fourth-order valence-corrected chi connectivity index (χ4v) is 2.79. The Bertz CT molecular complexity index is 527. The summed E-state index contributed by atoms with van der Waals surface area (Å²) in [4.78, 5) is 14.6. The third-order valence-electron chi connectivity index (χ3n) is 2.64. The van der Waals surface area contributed by atoms with Crippen LogP contribution in [0.1, 0.15) is 12.0 Å². The second-order valence-corrected chi connectivity index (χ2v) is 5.92. The highest BCUT2D eigenvalue weighted by molar-refractivity contribution is 9.10. The van der Waals surface area contributed by atoms with E-state index in [4.69, 9.17) is 5.53 Å². The Labute approximate surface area is 114 Å². The summed E-state index contributed by atoms with van der Waals surface area (Å²) in [5, 5.41) is 6.27. The Morgan fingerprint density at radius 1 is 1.53 bits per heavy atom. The number of benzene rings is 1. The highest BCUT2D eigenvalue weighted by atomic mass is 79.9. The number of amides is 1. The van der Waals surface area contributed by atoms with Crippen LogP contribution in [0.2, 0.25) is 0 Å². The molecule has 1 unspecified atom stereocenters. The Morgan fingerprint density at radius 2 is 2.29 bits per heavy atom. The lowest BCUT2D eigenvalue weighted by atomic mass is 9.97. The minimum Gasteiger partial charge on any atom is -0.324 e. The summed E-state index contributed by atoms with van der Waals surface area (Å²) in [5.74, 6) is -0.126. The Morgan fingerprint density at radius 3 is 3.00 bits per heavy atom. The summed E-state index contributed by atoms with van der Waals surface area (Å²) in [5.41, 5.74) is 9.91. The van der Waals surface area contributed by atoms with Gasteiger partial charge in [0.2, 0.25) is 5.91 Å².